The second kappa shape index (κ2) is 4.29. The van der Waals surface area contributed by atoms with E-state index < -0.39 is 0 Å². The first-order valence-corrected chi connectivity index (χ1v) is 5.64. The summed E-state index contributed by atoms with van der Waals surface area (Å²) in [5, 5.41) is 0. The van der Waals surface area contributed by atoms with Gasteiger partial charge in [-0.25, -0.2) is 0 Å². The highest BCUT2D eigenvalue weighted by Crippen LogP contribution is 2.23. The largest absolute Gasteiger partial charge is 0.437 e. The van der Waals surface area contributed by atoms with Gasteiger partial charge in [0.2, 0.25) is 0 Å². The van der Waals surface area contributed by atoms with E-state index in [4.69, 9.17) is 4.42 Å². The van der Waals surface area contributed by atoms with Crippen molar-refractivity contribution < 1.29 is 9.21 Å². The Morgan fingerprint density at radius 1 is 1.44 bits per heavy atom. The molecule has 0 spiro atoms. The number of carbonyl (C=O) groups is 1. The fraction of sp³-hybridized carbons (Fsp3) is 0.583. The molecule has 0 amide bonds. The second-order valence-corrected chi connectivity index (χ2v) is 4.50. The van der Waals surface area contributed by atoms with Gasteiger partial charge in [-0.3, -0.25) is 4.79 Å². The van der Waals surface area contributed by atoms with E-state index >= 15 is 0 Å². The molecule has 0 aliphatic carbocycles. The highest BCUT2D eigenvalue weighted by Gasteiger charge is 2.24. The van der Waals surface area contributed by atoms with E-state index in [1.165, 1.54) is 6.92 Å². The number of Topliss-reactive ketones (excluding diaryl/α,β-unsaturated/α-hetero) is 1. The maximum Gasteiger partial charge on any atom is 0.196 e. The molecule has 0 bridgehead atoms. The van der Waals surface area contributed by atoms with E-state index in [0.717, 1.165) is 25.5 Å². The fourth-order valence-electron chi connectivity index (χ4n) is 2.14. The molecule has 1 aromatic heterocycles. The van der Waals surface area contributed by atoms with Crippen LogP contribution in [0.3, 0.4) is 0 Å². The molecule has 1 fully saturated rings. The summed E-state index contributed by atoms with van der Waals surface area (Å²) in [5.41, 5.74) is 0. The zero-order valence-electron chi connectivity index (χ0n) is 10.1. The molecule has 1 saturated heterocycles. The van der Waals surface area contributed by atoms with E-state index in [-0.39, 0.29) is 5.78 Å². The number of rotatable bonds is 2. The van der Waals surface area contributed by atoms with Gasteiger partial charge in [0.1, 0.15) is 0 Å². The molecule has 0 N–H and O–H groups in total. The van der Waals surface area contributed by atoms with Crippen molar-refractivity contribution >= 4 is 11.7 Å². The Kier molecular flexibility index (Phi) is 3.01. The van der Waals surface area contributed by atoms with Gasteiger partial charge in [0, 0.05) is 38.7 Å². The first kappa shape index (κ1) is 11.2. The standard InChI is InChI=1S/C12H18N2O2/c1-9-8-13(3)6-7-14(9)12-5-4-11(16-12)10(2)15/h4-5,9H,6-8H2,1-3H3. The predicted octanol–water partition coefficient (Wildman–Crippen LogP) is 1.62. The Labute approximate surface area is 95.8 Å². The molecule has 16 heavy (non-hydrogen) atoms. The zero-order chi connectivity index (χ0) is 11.7. The number of anilines is 1. The van der Waals surface area contributed by atoms with Crippen molar-refractivity contribution in [3.8, 4) is 0 Å². The number of hydrogen-bond donors (Lipinski definition) is 0. The molecular formula is C12H18N2O2. The molecule has 88 valence electrons. The summed E-state index contributed by atoms with van der Waals surface area (Å²) in [6, 6.07) is 4.06. The molecular weight excluding hydrogens is 204 g/mol. The van der Waals surface area contributed by atoms with Crippen LogP contribution >= 0.6 is 0 Å². The Balaban J connectivity index is 2.14. The predicted molar refractivity (Wildman–Crippen MR) is 63.0 cm³/mol. The van der Waals surface area contributed by atoms with Crippen molar-refractivity contribution in [1.82, 2.24) is 4.90 Å². The first-order valence-electron chi connectivity index (χ1n) is 5.64. The lowest BCUT2D eigenvalue weighted by Crippen LogP contribution is -2.50. The highest BCUT2D eigenvalue weighted by atomic mass is 16.4. The van der Waals surface area contributed by atoms with Crippen LogP contribution in [-0.2, 0) is 0 Å². The number of furan rings is 1. The minimum atomic E-state index is -0.0203. The summed E-state index contributed by atoms with van der Waals surface area (Å²) in [7, 11) is 2.12. The number of carbonyl (C=O) groups excluding carboxylic acids is 1. The van der Waals surface area contributed by atoms with Gasteiger partial charge in [0.15, 0.2) is 17.4 Å². The maximum atomic E-state index is 11.2. The molecule has 1 aliphatic rings. The van der Waals surface area contributed by atoms with Gasteiger partial charge >= 0.3 is 0 Å². The Bertz CT molecular complexity index is 386. The molecule has 0 saturated carbocycles. The third kappa shape index (κ3) is 2.11. The summed E-state index contributed by atoms with van der Waals surface area (Å²) in [5.74, 6) is 1.24. The molecule has 1 aromatic rings. The summed E-state index contributed by atoms with van der Waals surface area (Å²) >= 11 is 0. The lowest BCUT2D eigenvalue weighted by Gasteiger charge is -2.38. The summed E-state index contributed by atoms with van der Waals surface area (Å²) in [6.07, 6.45) is 0. The van der Waals surface area contributed by atoms with Gasteiger partial charge < -0.3 is 14.2 Å². The molecule has 1 unspecified atom stereocenters. The van der Waals surface area contributed by atoms with Gasteiger partial charge in [-0.05, 0) is 20.0 Å². The SMILES string of the molecule is CC(=O)c1ccc(N2CCN(C)CC2C)o1. The summed E-state index contributed by atoms with van der Waals surface area (Å²) in [4.78, 5) is 15.7. The molecule has 1 atom stereocenters. The third-order valence-corrected chi connectivity index (χ3v) is 3.05. The zero-order valence-corrected chi connectivity index (χ0v) is 10.1. The maximum absolute atomic E-state index is 11.2. The molecule has 2 heterocycles. The van der Waals surface area contributed by atoms with Crippen LogP contribution in [0, 0.1) is 0 Å². The molecule has 0 radical (unpaired) electrons. The average Bonchev–Trinajstić information content (AvgIpc) is 2.66. The summed E-state index contributed by atoms with van der Waals surface area (Å²) in [6.45, 7) is 6.70. The van der Waals surface area contributed by atoms with E-state index in [1.54, 1.807) is 6.07 Å². The third-order valence-electron chi connectivity index (χ3n) is 3.05. The molecule has 4 nitrogen and oxygen atoms in total. The number of hydrogen-bond acceptors (Lipinski definition) is 4. The van der Waals surface area contributed by atoms with Crippen molar-refractivity contribution in [2.24, 2.45) is 0 Å². The number of ketones is 1. The van der Waals surface area contributed by atoms with Crippen molar-refractivity contribution in [2.75, 3.05) is 31.6 Å². The summed E-state index contributed by atoms with van der Waals surface area (Å²) < 4.78 is 5.55. The van der Waals surface area contributed by atoms with Gasteiger partial charge in [-0.2, -0.15) is 0 Å². The average molecular weight is 222 g/mol. The topological polar surface area (TPSA) is 36.7 Å². The normalized spacial score (nSPS) is 22.4. The first-order chi connectivity index (χ1) is 7.58. The van der Waals surface area contributed by atoms with Gasteiger partial charge in [-0.15, -0.1) is 0 Å². The van der Waals surface area contributed by atoms with Crippen LogP contribution in [0.5, 0.6) is 0 Å². The monoisotopic (exact) mass is 222 g/mol. The number of nitrogens with zero attached hydrogens (tertiary/aromatic N) is 2. The van der Waals surface area contributed by atoms with Crippen molar-refractivity contribution in [1.29, 1.82) is 0 Å². The van der Waals surface area contributed by atoms with Crippen molar-refractivity contribution in [2.45, 2.75) is 19.9 Å². The Morgan fingerprint density at radius 2 is 2.19 bits per heavy atom. The second-order valence-electron chi connectivity index (χ2n) is 4.50. The molecule has 0 aromatic carbocycles. The van der Waals surface area contributed by atoms with Crippen LogP contribution < -0.4 is 4.90 Å². The fourth-order valence-corrected chi connectivity index (χ4v) is 2.14. The van der Waals surface area contributed by atoms with Crippen molar-refractivity contribution in [3.05, 3.63) is 17.9 Å². The van der Waals surface area contributed by atoms with Crippen LogP contribution in [0.15, 0.2) is 16.5 Å². The van der Waals surface area contributed by atoms with Gasteiger partial charge in [-0.1, -0.05) is 0 Å². The lowest BCUT2D eigenvalue weighted by atomic mass is 10.2. The molecule has 1 aliphatic heterocycles. The van der Waals surface area contributed by atoms with Crippen molar-refractivity contribution in [3.63, 3.8) is 0 Å². The lowest BCUT2D eigenvalue weighted by molar-refractivity contribution is 0.0987. The number of piperazine rings is 1. The quantitative estimate of drug-likeness (QED) is 0.713. The van der Waals surface area contributed by atoms with Crippen LogP contribution in [-0.4, -0.2) is 43.4 Å². The Morgan fingerprint density at radius 3 is 2.75 bits per heavy atom. The Hall–Kier alpha value is -1.29. The van der Waals surface area contributed by atoms with Gasteiger partial charge in [0.05, 0.1) is 0 Å². The molecule has 2 rings (SSSR count). The highest BCUT2D eigenvalue weighted by molar-refractivity contribution is 5.91. The smallest absolute Gasteiger partial charge is 0.196 e. The minimum Gasteiger partial charge on any atom is -0.437 e. The van der Waals surface area contributed by atoms with E-state index in [0.29, 0.717) is 11.8 Å². The van der Waals surface area contributed by atoms with Crippen LogP contribution in [0.2, 0.25) is 0 Å². The van der Waals surface area contributed by atoms with Gasteiger partial charge in [0.25, 0.3) is 0 Å². The minimum absolute atomic E-state index is 0.0203. The molecule has 4 heteroatoms. The van der Waals surface area contributed by atoms with Crippen LogP contribution in [0.25, 0.3) is 0 Å². The van der Waals surface area contributed by atoms with Crippen LogP contribution in [0.1, 0.15) is 24.4 Å². The van der Waals surface area contributed by atoms with E-state index in [1.807, 2.05) is 6.07 Å². The van der Waals surface area contributed by atoms with Crippen LogP contribution in [0.4, 0.5) is 5.88 Å². The van der Waals surface area contributed by atoms with E-state index in [2.05, 4.69) is 23.8 Å². The number of likely N-dealkylation sites (N-methyl/N-ethyl adjacent to an activating group) is 1. The van der Waals surface area contributed by atoms with E-state index in [9.17, 15) is 4.79 Å².